The lowest BCUT2D eigenvalue weighted by Gasteiger charge is -2.25. The predicted octanol–water partition coefficient (Wildman–Crippen LogP) is 4.86. The predicted molar refractivity (Wildman–Crippen MR) is 80.6 cm³/mol. The first-order valence-electron chi connectivity index (χ1n) is 6.53. The molecule has 0 saturated heterocycles. The molecule has 2 rings (SSSR count). The Bertz CT molecular complexity index is 617. The number of aliphatic hydroxyl groups excluding tert-OH is 1. The molecular weight excluding hydrogens is 275 g/mol. The highest BCUT2D eigenvalue weighted by atomic mass is 35.5. The van der Waals surface area contributed by atoms with Crippen molar-refractivity contribution in [1.29, 1.82) is 0 Å². The lowest BCUT2D eigenvalue weighted by Crippen LogP contribution is -2.16. The Morgan fingerprint density at radius 2 is 1.70 bits per heavy atom. The first kappa shape index (κ1) is 15.0. The molecule has 0 heterocycles. The third-order valence-corrected chi connectivity index (χ3v) is 3.66. The van der Waals surface area contributed by atoms with Gasteiger partial charge < -0.3 is 5.11 Å². The summed E-state index contributed by atoms with van der Waals surface area (Å²) in [5.74, 6) is -0.406. The maximum atomic E-state index is 13.4. The summed E-state index contributed by atoms with van der Waals surface area (Å²) in [5, 5.41) is 11.0. The van der Waals surface area contributed by atoms with E-state index in [1.807, 2.05) is 24.3 Å². The molecule has 0 aliphatic carbocycles. The Hall–Kier alpha value is -1.38. The highest BCUT2D eigenvalue weighted by Crippen LogP contribution is 2.35. The van der Waals surface area contributed by atoms with Crippen LogP contribution in [0, 0.1) is 5.82 Å². The zero-order valence-electron chi connectivity index (χ0n) is 11.8. The van der Waals surface area contributed by atoms with Crippen molar-refractivity contribution < 1.29 is 9.50 Å². The van der Waals surface area contributed by atoms with Crippen LogP contribution < -0.4 is 0 Å². The minimum atomic E-state index is -0.936. The third kappa shape index (κ3) is 3.02. The van der Waals surface area contributed by atoms with Crippen molar-refractivity contribution in [2.45, 2.75) is 32.3 Å². The molecule has 1 unspecified atom stereocenters. The summed E-state index contributed by atoms with van der Waals surface area (Å²) in [6.45, 7) is 6.23. The van der Waals surface area contributed by atoms with Gasteiger partial charge in [0.05, 0.1) is 0 Å². The molecule has 2 aromatic carbocycles. The molecule has 20 heavy (non-hydrogen) atoms. The van der Waals surface area contributed by atoms with Crippen LogP contribution in [0.4, 0.5) is 4.39 Å². The molecule has 106 valence electrons. The summed E-state index contributed by atoms with van der Waals surface area (Å²) in [4.78, 5) is 0. The van der Waals surface area contributed by atoms with Crippen LogP contribution in [0.15, 0.2) is 42.5 Å². The molecular formula is C17H18ClFO. The Balaban J connectivity index is 2.54. The average Bonchev–Trinajstić information content (AvgIpc) is 2.40. The number of hydrogen-bond acceptors (Lipinski definition) is 1. The second-order valence-corrected chi connectivity index (χ2v) is 6.31. The van der Waals surface area contributed by atoms with Gasteiger partial charge in [-0.2, -0.15) is 0 Å². The summed E-state index contributed by atoms with van der Waals surface area (Å²) < 4.78 is 13.4. The van der Waals surface area contributed by atoms with Gasteiger partial charge in [-0.15, -0.1) is 0 Å². The molecule has 0 aliphatic rings. The number of rotatable bonds is 2. The summed E-state index contributed by atoms with van der Waals surface area (Å²) in [5.41, 5.74) is 2.06. The van der Waals surface area contributed by atoms with E-state index in [0.717, 1.165) is 11.1 Å². The van der Waals surface area contributed by atoms with Gasteiger partial charge in [0.1, 0.15) is 11.9 Å². The molecule has 0 saturated carbocycles. The van der Waals surface area contributed by atoms with Crippen molar-refractivity contribution >= 4 is 11.6 Å². The Kier molecular flexibility index (Phi) is 4.17. The van der Waals surface area contributed by atoms with E-state index < -0.39 is 11.9 Å². The van der Waals surface area contributed by atoms with E-state index in [2.05, 4.69) is 20.8 Å². The third-order valence-electron chi connectivity index (χ3n) is 3.32. The fourth-order valence-electron chi connectivity index (χ4n) is 2.31. The first-order chi connectivity index (χ1) is 9.30. The van der Waals surface area contributed by atoms with Crippen LogP contribution in [-0.2, 0) is 5.41 Å². The van der Waals surface area contributed by atoms with E-state index in [0.29, 0.717) is 10.6 Å². The van der Waals surface area contributed by atoms with Gasteiger partial charge in [-0.05, 0) is 34.7 Å². The zero-order valence-corrected chi connectivity index (χ0v) is 12.6. The summed E-state index contributed by atoms with van der Waals surface area (Å²) in [6, 6.07) is 11.7. The SMILES string of the molecule is CC(C)(C)c1ccccc1C(O)c1cc(F)ccc1Cl. The maximum Gasteiger partial charge on any atom is 0.123 e. The molecule has 3 heteroatoms. The van der Waals surface area contributed by atoms with Crippen LogP contribution in [-0.4, -0.2) is 5.11 Å². The van der Waals surface area contributed by atoms with Crippen LogP contribution in [0.3, 0.4) is 0 Å². The molecule has 0 amide bonds. The van der Waals surface area contributed by atoms with Crippen LogP contribution in [0.25, 0.3) is 0 Å². The topological polar surface area (TPSA) is 20.2 Å². The van der Waals surface area contributed by atoms with E-state index in [4.69, 9.17) is 11.6 Å². The monoisotopic (exact) mass is 292 g/mol. The smallest absolute Gasteiger partial charge is 0.123 e. The summed E-state index contributed by atoms with van der Waals surface area (Å²) in [6.07, 6.45) is -0.936. The van der Waals surface area contributed by atoms with Gasteiger partial charge in [0.15, 0.2) is 0 Å². The second kappa shape index (κ2) is 5.55. The highest BCUT2D eigenvalue weighted by molar-refractivity contribution is 6.31. The molecule has 2 aromatic rings. The van der Waals surface area contributed by atoms with Crippen LogP contribution in [0.1, 0.15) is 43.6 Å². The number of benzene rings is 2. The average molecular weight is 293 g/mol. The minimum Gasteiger partial charge on any atom is -0.384 e. The van der Waals surface area contributed by atoms with Crippen molar-refractivity contribution in [1.82, 2.24) is 0 Å². The van der Waals surface area contributed by atoms with Crippen molar-refractivity contribution in [3.8, 4) is 0 Å². The van der Waals surface area contributed by atoms with E-state index in [9.17, 15) is 9.50 Å². The lowest BCUT2D eigenvalue weighted by atomic mass is 9.81. The first-order valence-corrected chi connectivity index (χ1v) is 6.91. The molecule has 1 nitrogen and oxygen atoms in total. The van der Waals surface area contributed by atoms with Gasteiger partial charge in [0.2, 0.25) is 0 Å². The van der Waals surface area contributed by atoms with E-state index in [-0.39, 0.29) is 5.41 Å². The molecule has 0 bridgehead atoms. The molecule has 1 atom stereocenters. The zero-order chi connectivity index (χ0) is 14.9. The maximum absolute atomic E-state index is 13.4. The normalized spacial score (nSPS) is 13.3. The van der Waals surface area contributed by atoms with Crippen molar-refractivity contribution in [2.75, 3.05) is 0 Å². The van der Waals surface area contributed by atoms with Crippen LogP contribution >= 0.6 is 11.6 Å². The standard InChI is InChI=1S/C17H18ClFO/c1-17(2,3)14-7-5-4-6-12(14)16(20)13-10-11(19)8-9-15(13)18/h4-10,16,20H,1-3H3. The Morgan fingerprint density at radius 1 is 1.05 bits per heavy atom. The molecule has 0 radical (unpaired) electrons. The lowest BCUT2D eigenvalue weighted by molar-refractivity contribution is 0.217. The van der Waals surface area contributed by atoms with Gasteiger partial charge >= 0.3 is 0 Å². The summed E-state index contributed by atoms with van der Waals surface area (Å²) >= 11 is 6.08. The number of hydrogen-bond donors (Lipinski definition) is 1. The quantitative estimate of drug-likeness (QED) is 0.838. The van der Waals surface area contributed by atoms with Crippen LogP contribution in [0.2, 0.25) is 5.02 Å². The highest BCUT2D eigenvalue weighted by Gasteiger charge is 2.23. The van der Waals surface area contributed by atoms with E-state index >= 15 is 0 Å². The fraction of sp³-hybridized carbons (Fsp3) is 0.294. The molecule has 0 fully saturated rings. The Labute approximate surface area is 124 Å². The van der Waals surface area contributed by atoms with E-state index in [1.165, 1.54) is 18.2 Å². The van der Waals surface area contributed by atoms with Crippen LogP contribution in [0.5, 0.6) is 0 Å². The molecule has 0 aromatic heterocycles. The van der Waals surface area contributed by atoms with Crippen molar-refractivity contribution in [3.63, 3.8) is 0 Å². The second-order valence-electron chi connectivity index (χ2n) is 5.91. The van der Waals surface area contributed by atoms with Gasteiger partial charge in [-0.1, -0.05) is 56.6 Å². The summed E-state index contributed by atoms with van der Waals surface area (Å²) in [7, 11) is 0. The fourth-order valence-corrected chi connectivity index (χ4v) is 2.53. The number of halogens is 2. The molecule has 0 aliphatic heterocycles. The van der Waals surface area contributed by atoms with Gasteiger partial charge in [-0.25, -0.2) is 4.39 Å². The Morgan fingerprint density at radius 3 is 2.35 bits per heavy atom. The minimum absolute atomic E-state index is 0.114. The molecule has 0 spiro atoms. The van der Waals surface area contributed by atoms with Gasteiger partial charge in [-0.3, -0.25) is 0 Å². The van der Waals surface area contributed by atoms with Crippen molar-refractivity contribution in [3.05, 3.63) is 70.0 Å². The van der Waals surface area contributed by atoms with Gasteiger partial charge in [0, 0.05) is 10.6 Å². The van der Waals surface area contributed by atoms with Gasteiger partial charge in [0.25, 0.3) is 0 Å². The largest absolute Gasteiger partial charge is 0.384 e. The van der Waals surface area contributed by atoms with Crippen molar-refractivity contribution in [2.24, 2.45) is 0 Å². The molecule has 1 N–H and O–H groups in total. The van der Waals surface area contributed by atoms with E-state index in [1.54, 1.807) is 0 Å². The number of aliphatic hydroxyl groups is 1.